The molecule has 0 unspecified atom stereocenters. The minimum absolute atomic E-state index is 0.0807. The summed E-state index contributed by atoms with van der Waals surface area (Å²) >= 11 is 0. The maximum absolute atomic E-state index is 9.59. The lowest BCUT2D eigenvalue weighted by Gasteiger charge is -2.07. The highest BCUT2D eigenvalue weighted by Gasteiger charge is 2.07. The van der Waals surface area contributed by atoms with Crippen molar-refractivity contribution >= 4 is 0 Å². The van der Waals surface area contributed by atoms with E-state index in [9.17, 15) is 10.2 Å². The van der Waals surface area contributed by atoms with E-state index in [4.69, 9.17) is 0 Å². The molecular formula is C17H26O2. The van der Waals surface area contributed by atoms with Crippen LogP contribution in [0.2, 0.25) is 0 Å². The second kappa shape index (κ2) is 12.5. The van der Waals surface area contributed by atoms with Crippen LogP contribution in [0.3, 0.4) is 0 Å². The monoisotopic (exact) mass is 262 g/mol. The molecule has 0 amide bonds. The zero-order chi connectivity index (χ0) is 15.3. The number of allylic oxidation sites excluding steroid dienone is 8. The molecule has 2 nitrogen and oxygen atoms in total. The van der Waals surface area contributed by atoms with Crippen LogP contribution in [0.25, 0.3) is 0 Å². The first-order chi connectivity index (χ1) is 9.04. The van der Waals surface area contributed by atoms with Crippen molar-refractivity contribution in [2.24, 2.45) is 0 Å². The van der Waals surface area contributed by atoms with E-state index >= 15 is 0 Å². The fraction of sp³-hybridized carbons (Fsp3) is 0.294. The lowest BCUT2D eigenvalue weighted by atomic mass is 10.0. The van der Waals surface area contributed by atoms with Gasteiger partial charge in [-0.2, -0.15) is 0 Å². The Bertz CT molecular complexity index is 389. The summed E-state index contributed by atoms with van der Waals surface area (Å²) in [6, 6.07) is 0. The fourth-order valence-corrected chi connectivity index (χ4v) is 1.21. The fourth-order valence-electron chi connectivity index (χ4n) is 1.21. The number of aliphatic hydroxyl groups is 2. The summed E-state index contributed by atoms with van der Waals surface area (Å²) < 4.78 is 0. The van der Waals surface area contributed by atoms with Crippen LogP contribution < -0.4 is 0 Å². The zero-order valence-corrected chi connectivity index (χ0v) is 12.5. The van der Waals surface area contributed by atoms with Gasteiger partial charge in [0.2, 0.25) is 0 Å². The van der Waals surface area contributed by atoms with Gasteiger partial charge in [0.25, 0.3) is 0 Å². The van der Waals surface area contributed by atoms with Crippen LogP contribution >= 0.6 is 0 Å². The normalized spacial score (nSPS) is 12.9. The minimum atomic E-state index is -0.0807. The molecule has 2 N–H and O–H groups in total. The molecule has 0 aromatic heterocycles. The van der Waals surface area contributed by atoms with Crippen LogP contribution in [0, 0.1) is 0 Å². The van der Waals surface area contributed by atoms with Crippen molar-refractivity contribution in [3.63, 3.8) is 0 Å². The van der Waals surface area contributed by atoms with Crippen LogP contribution in [0.4, 0.5) is 0 Å². The average molecular weight is 262 g/mol. The Morgan fingerprint density at radius 3 is 2.11 bits per heavy atom. The van der Waals surface area contributed by atoms with Crippen molar-refractivity contribution in [1.82, 2.24) is 0 Å². The lowest BCUT2D eigenvalue weighted by molar-refractivity contribution is 0.403. The second-order valence-electron chi connectivity index (χ2n) is 3.46. The van der Waals surface area contributed by atoms with E-state index in [0.717, 1.165) is 6.42 Å². The number of aliphatic hydroxyl groups excluding tert-OH is 2. The van der Waals surface area contributed by atoms with Gasteiger partial charge in [-0.3, -0.25) is 0 Å². The Morgan fingerprint density at radius 2 is 1.74 bits per heavy atom. The van der Waals surface area contributed by atoms with Gasteiger partial charge >= 0.3 is 0 Å². The summed E-state index contributed by atoms with van der Waals surface area (Å²) in [5.74, 6) is 0.0392. The van der Waals surface area contributed by atoms with Gasteiger partial charge < -0.3 is 10.2 Å². The molecular weight excluding hydrogens is 236 g/mol. The molecule has 0 bridgehead atoms. The summed E-state index contributed by atoms with van der Waals surface area (Å²) in [6.45, 7) is 14.6. The molecule has 2 heteroatoms. The van der Waals surface area contributed by atoms with E-state index < -0.39 is 0 Å². The number of hydrogen-bond acceptors (Lipinski definition) is 2. The van der Waals surface area contributed by atoms with Crippen molar-refractivity contribution in [3.05, 3.63) is 72.3 Å². The van der Waals surface area contributed by atoms with Gasteiger partial charge in [-0.15, -0.1) is 0 Å². The van der Waals surface area contributed by atoms with Gasteiger partial charge in [-0.1, -0.05) is 70.4 Å². The molecule has 0 rings (SSSR count). The molecule has 0 aromatic carbocycles. The lowest BCUT2D eigenvalue weighted by Crippen LogP contribution is -1.94. The molecule has 0 fully saturated rings. The predicted octanol–water partition coefficient (Wildman–Crippen LogP) is 5.55. The van der Waals surface area contributed by atoms with Crippen molar-refractivity contribution in [3.8, 4) is 0 Å². The van der Waals surface area contributed by atoms with Crippen molar-refractivity contribution in [2.75, 3.05) is 0 Å². The molecule has 19 heavy (non-hydrogen) atoms. The van der Waals surface area contributed by atoms with E-state index in [1.54, 1.807) is 31.2 Å². The van der Waals surface area contributed by atoms with Gasteiger partial charge in [0.1, 0.15) is 5.76 Å². The van der Waals surface area contributed by atoms with E-state index in [1.807, 2.05) is 32.9 Å². The molecule has 0 saturated heterocycles. The van der Waals surface area contributed by atoms with E-state index in [1.165, 1.54) is 0 Å². The highest BCUT2D eigenvalue weighted by atomic mass is 16.3. The smallest absolute Gasteiger partial charge is 0.116 e. The van der Waals surface area contributed by atoms with Gasteiger partial charge in [-0.05, 0) is 13.3 Å². The molecule has 106 valence electrons. The van der Waals surface area contributed by atoms with Crippen molar-refractivity contribution in [2.45, 2.75) is 34.1 Å². The summed E-state index contributed by atoms with van der Waals surface area (Å²) in [5, 5.41) is 19.1. The molecule has 0 aromatic rings. The molecule has 0 heterocycles. The molecule has 0 aliphatic heterocycles. The molecule has 0 saturated carbocycles. The Kier molecular flexibility index (Phi) is 12.7. The highest BCUT2D eigenvalue weighted by molar-refractivity contribution is 5.51. The quantitative estimate of drug-likeness (QED) is 0.486. The third-order valence-electron chi connectivity index (χ3n) is 2.02. The molecule has 0 spiro atoms. The van der Waals surface area contributed by atoms with E-state index in [2.05, 4.69) is 13.2 Å². The SMILES string of the molecule is C=C\C=C/C(C(=C/C=C\CC)/C(=C)O)=C(\C)O.CC. The molecule has 0 radical (unpaired) electrons. The van der Waals surface area contributed by atoms with E-state index in [0.29, 0.717) is 11.1 Å². The van der Waals surface area contributed by atoms with Crippen LogP contribution in [-0.2, 0) is 0 Å². The van der Waals surface area contributed by atoms with Crippen LogP contribution in [0.15, 0.2) is 72.3 Å². The third kappa shape index (κ3) is 8.72. The third-order valence-corrected chi connectivity index (χ3v) is 2.02. The Hall–Kier alpha value is -1.96. The minimum Gasteiger partial charge on any atom is -0.512 e. The molecule has 0 atom stereocenters. The maximum atomic E-state index is 9.59. The van der Waals surface area contributed by atoms with Crippen LogP contribution in [-0.4, -0.2) is 10.2 Å². The summed E-state index contributed by atoms with van der Waals surface area (Å²) in [7, 11) is 0. The van der Waals surface area contributed by atoms with Crippen LogP contribution in [0.5, 0.6) is 0 Å². The summed E-state index contributed by atoms with van der Waals surface area (Å²) in [6.07, 6.45) is 11.4. The zero-order valence-electron chi connectivity index (χ0n) is 12.5. The summed E-state index contributed by atoms with van der Waals surface area (Å²) in [4.78, 5) is 0. The van der Waals surface area contributed by atoms with E-state index in [-0.39, 0.29) is 11.5 Å². The Labute approximate surface area is 117 Å². The first-order valence-electron chi connectivity index (χ1n) is 6.49. The average Bonchev–Trinajstić information content (AvgIpc) is 2.39. The van der Waals surface area contributed by atoms with Crippen molar-refractivity contribution in [1.29, 1.82) is 0 Å². The van der Waals surface area contributed by atoms with Gasteiger partial charge in [-0.25, -0.2) is 0 Å². The summed E-state index contributed by atoms with van der Waals surface area (Å²) in [5.41, 5.74) is 1.02. The maximum Gasteiger partial charge on any atom is 0.116 e. The predicted molar refractivity (Wildman–Crippen MR) is 85.3 cm³/mol. The van der Waals surface area contributed by atoms with Gasteiger partial charge in [0, 0.05) is 11.1 Å². The topological polar surface area (TPSA) is 40.5 Å². The second-order valence-corrected chi connectivity index (χ2v) is 3.46. The molecule has 0 aliphatic carbocycles. The Morgan fingerprint density at radius 1 is 1.16 bits per heavy atom. The standard InChI is InChI=1S/C15H20O2.C2H6/c1-5-7-9-11-15(13(4)17)14(12(3)16)10-8-6-2;1-2/h6-11,16-17H,2,4-5H2,1,3H3;1-2H3/b9-7-,10-8-,14-12-,15-11+;. The first kappa shape index (κ1) is 19.4. The first-order valence-corrected chi connectivity index (χ1v) is 6.49. The number of rotatable bonds is 6. The van der Waals surface area contributed by atoms with Gasteiger partial charge in [0.05, 0.1) is 5.76 Å². The van der Waals surface area contributed by atoms with Crippen LogP contribution in [0.1, 0.15) is 34.1 Å². The number of hydrogen-bond donors (Lipinski definition) is 2. The van der Waals surface area contributed by atoms with Crippen molar-refractivity contribution < 1.29 is 10.2 Å². The van der Waals surface area contributed by atoms with Gasteiger partial charge in [0.15, 0.2) is 0 Å². The Balaban J connectivity index is 0. The largest absolute Gasteiger partial charge is 0.512 e. The highest BCUT2D eigenvalue weighted by Crippen LogP contribution is 2.20. The molecule has 0 aliphatic rings.